The predicted molar refractivity (Wildman–Crippen MR) is 122 cm³/mol. The van der Waals surface area contributed by atoms with Crippen LogP contribution in [0.2, 0.25) is 0 Å². The summed E-state index contributed by atoms with van der Waals surface area (Å²) in [7, 11) is 0. The maximum absolute atomic E-state index is 14.2. The van der Waals surface area contributed by atoms with Crippen molar-refractivity contribution in [1.29, 1.82) is 5.26 Å². The molecule has 1 unspecified atom stereocenters. The number of carbonyl (C=O) groups is 1. The standard InChI is InChI=1S/C23H28BrFN4O3/c1-5-31-21-19(24)20(16-8-9-17(12-26)18(25)11-16)27-29(21)14-15-7-6-10-28(13-15)22(30)32-23(2,3)4/h8-9,11,15H,5-7,10,13-14H2,1-4H3. The summed E-state index contributed by atoms with van der Waals surface area (Å²) in [6.07, 6.45) is 1.52. The number of rotatable bonds is 5. The second-order valence-electron chi connectivity index (χ2n) is 8.82. The molecule has 0 saturated carbocycles. The van der Waals surface area contributed by atoms with Gasteiger partial charge in [0.2, 0.25) is 5.88 Å². The summed E-state index contributed by atoms with van der Waals surface area (Å²) >= 11 is 3.55. The van der Waals surface area contributed by atoms with Crippen LogP contribution in [-0.2, 0) is 11.3 Å². The molecule has 1 amide bonds. The Bertz CT molecular complexity index is 1030. The normalized spacial score (nSPS) is 16.5. The van der Waals surface area contributed by atoms with E-state index >= 15 is 0 Å². The Morgan fingerprint density at radius 3 is 2.78 bits per heavy atom. The average Bonchev–Trinajstić information content (AvgIpc) is 3.03. The lowest BCUT2D eigenvalue weighted by molar-refractivity contribution is 0.0154. The third-order valence-corrected chi connectivity index (χ3v) is 5.81. The summed E-state index contributed by atoms with van der Waals surface area (Å²) in [5.41, 5.74) is 0.534. The number of carbonyl (C=O) groups excluding carboxylic acids is 1. The first-order valence-electron chi connectivity index (χ1n) is 10.7. The molecule has 1 saturated heterocycles. The zero-order valence-corrected chi connectivity index (χ0v) is 20.4. The Kier molecular flexibility index (Phi) is 7.44. The molecule has 172 valence electrons. The second-order valence-corrected chi connectivity index (χ2v) is 9.62. The molecule has 1 aliphatic heterocycles. The Morgan fingerprint density at radius 2 is 2.16 bits per heavy atom. The van der Waals surface area contributed by atoms with Crippen LogP contribution in [0.15, 0.2) is 22.7 Å². The molecule has 3 rings (SSSR count). The highest BCUT2D eigenvalue weighted by molar-refractivity contribution is 9.10. The van der Waals surface area contributed by atoms with E-state index in [1.807, 2.05) is 33.8 Å². The summed E-state index contributed by atoms with van der Waals surface area (Å²) in [6, 6.07) is 6.24. The molecular formula is C23H28BrFN4O3. The number of aromatic nitrogens is 2. The second kappa shape index (κ2) is 9.90. The van der Waals surface area contributed by atoms with Gasteiger partial charge in [0, 0.05) is 25.2 Å². The number of likely N-dealkylation sites (tertiary alicyclic amines) is 1. The van der Waals surface area contributed by atoms with Crippen molar-refractivity contribution in [2.24, 2.45) is 5.92 Å². The minimum absolute atomic E-state index is 0.0150. The highest BCUT2D eigenvalue weighted by atomic mass is 79.9. The average molecular weight is 507 g/mol. The highest BCUT2D eigenvalue weighted by Gasteiger charge is 2.29. The quantitative estimate of drug-likeness (QED) is 0.544. The van der Waals surface area contributed by atoms with Crippen LogP contribution in [0.25, 0.3) is 11.3 Å². The zero-order valence-electron chi connectivity index (χ0n) is 18.8. The lowest BCUT2D eigenvalue weighted by Gasteiger charge is -2.34. The molecule has 7 nitrogen and oxygen atoms in total. The topological polar surface area (TPSA) is 80.4 Å². The van der Waals surface area contributed by atoms with Crippen molar-refractivity contribution in [3.63, 3.8) is 0 Å². The van der Waals surface area contributed by atoms with Crippen molar-refractivity contribution in [3.8, 4) is 23.2 Å². The number of amides is 1. The van der Waals surface area contributed by atoms with Crippen LogP contribution in [0, 0.1) is 23.1 Å². The van der Waals surface area contributed by atoms with E-state index in [1.54, 1.807) is 15.6 Å². The van der Waals surface area contributed by atoms with Gasteiger partial charge >= 0.3 is 6.09 Å². The molecule has 1 fully saturated rings. The third kappa shape index (κ3) is 5.60. The molecule has 1 aromatic heterocycles. The van der Waals surface area contributed by atoms with Crippen molar-refractivity contribution < 1.29 is 18.7 Å². The maximum atomic E-state index is 14.2. The van der Waals surface area contributed by atoms with E-state index in [4.69, 9.17) is 14.7 Å². The molecule has 0 aliphatic carbocycles. The summed E-state index contributed by atoms with van der Waals surface area (Å²) < 4.78 is 27.9. The molecule has 32 heavy (non-hydrogen) atoms. The summed E-state index contributed by atoms with van der Waals surface area (Å²) in [6.45, 7) is 9.68. The number of halogens is 2. The molecule has 0 radical (unpaired) electrons. The van der Waals surface area contributed by atoms with E-state index in [0.717, 1.165) is 12.8 Å². The molecule has 0 spiro atoms. The number of hydrogen-bond donors (Lipinski definition) is 0. The minimum atomic E-state index is -0.593. The van der Waals surface area contributed by atoms with Gasteiger partial charge in [0.05, 0.1) is 12.2 Å². The summed E-state index contributed by atoms with van der Waals surface area (Å²) in [5.74, 6) is 0.138. The number of nitrogens with zero attached hydrogens (tertiary/aromatic N) is 4. The lowest BCUT2D eigenvalue weighted by Crippen LogP contribution is -2.43. The van der Waals surface area contributed by atoms with Gasteiger partial charge in [0.1, 0.15) is 27.7 Å². The molecule has 1 aromatic carbocycles. The maximum Gasteiger partial charge on any atom is 0.410 e. The van der Waals surface area contributed by atoms with E-state index in [2.05, 4.69) is 21.0 Å². The van der Waals surface area contributed by atoms with Gasteiger partial charge in [-0.2, -0.15) is 10.4 Å². The zero-order chi connectivity index (χ0) is 23.5. The van der Waals surface area contributed by atoms with E-state index in [0.29, 0.717) is 47.9 Å². The van der Waals surface area contributed by atoms with Crippen LogP contribution in [0.1, 0.15) is 46.1 Å². The van der Waals surface area contributed by atoms with E-state index in [-0.39, 0.29) is 17.6 Å². The van der Waals surface area contributed by atoms with Crippen LogP contribution >= 0.6 is 15.9 Å². The fourth-order valence-electron chi connectivity index (χ4n) is 3.71. The summed E-state index contributed by atoms with van der Waals surface area (Å²) in [4.78, 5) is 14.2. The molecule has 2 heterocycles. The molecule has 0 bridgehead atoms. The first kappa shape index (κ1) is 24.1. The van der Waals surface area contributed by atoms with Gasteiger partial charge in [-0.1, -0.05) is 6.07 Å². The summed E-state index contributed by atoms with van der Waals surface area (Å²) in [5, 5.41) is 13.7. The van der Waals surface area contributed by atoms with Crippen LogP contribution < -0.4 is 4.74 Å². The fourth-order valence-corrected chi connectivity index (χ4v) is 4.34. The van der Waals surface area contributed by atoms with E-state index in [1.165, 1.54) is 12.1 Å². The minimum Gasteiger partial charge on any atom is -0.477 e. The SMILES string of the molecule is CCOc1c(Br)c(-c2ccc(C#N)c(F)c2)nn1CC1CCCN(C(=O)OC(C)(C)C)C1. The monoisotopic (exact) mass is 506 g/mol. The third-order valence-electron chi connectivity index (χ3n) is 5.10. The molecular weight excluding hydrogens is 479 g/mol. The van der Waals surface area contributed by atoms with Crippen molar-refractivity contribution in [3.05, 3.63) is 34.1 Å². The smallest absolute Gasteiger partial charge is 0.410 e. The number of piperidine rings is 1. The van der Waals surface area contributed by atoms with Crippen molar-refractivity contribution in [2.45, 2.75) is 52.7 Å². The number of nitriles is 1. The van der Waals surface area contributed by atoms with Gasteiger partial charge in [-0.15, -0.1) is 0 Å². The molecule has 1 aliphatic rings. The number of ether oxygens (including phenoxy) is 2. The lowest BCUT2D eigenvalue weighted by atomic mass is 9.98. The van der Waals surface area contributed by atoms with Crippen molar-refractivity contribution >= 4 is 22.0 Å². The van der Waals surface area contributed by atoms with Crippen LogP contribution in [-0.4, -0.2) is 46.1 Å². The van der Waals surface area contributed by atoms with Gasteiger partial charge in [-0.3, -0.25) is 0 Å². The Morgan fingerprint density at radius 1 is 1.41 bits per heavy atom. The molecule has 0 N–H and O–H groups in total. The van der Waals surface area contributed by atoms with Gasteiger partial charge < -0.3 is 14.4 Å². The Balaban J connectivity index is 1.83. The van der Waals surface area contributed by atoms with Gasteiger partial charge in [-0.05, 0) is 74.5 Å². The first-order chi connectivity index (χ1) is 15.1. The van der Waals surface area contributed by atoms with Crippen LogP contribution in [0.5, 0.6) is 5.88 Å². The highest BCUT2D eigenvalue weighted by Crippen LogP contribution is 2.37. The number of benzene rings is 1. The first-order valence-corrected chi connectivity index (χ1v) is 11.5. The largest absolute Gasteiger partial charge is 0.477 e. The van der Waals surface area contributed by atoms with Crippen LogP contribution in [0.3, 0.4) is 0 Å². The predicted octanol–water partition coefficient (Wildman–Crippen LogP) is 5.37. The number of hydrogen-bond acceptors (Lipinski definition) is 5. The molecule has 2 aromatic rings. The van der Waals surface area contributed by atoms with Crippen molar-refractivity contribution in [1.82, 2.24) is 14.7 Å². The van der Waals surface area contributed by atoms with Gasteiger partial charge in [-0.25, -0.2) is 13.9 Å². The van der Waals surface area contributed by atoms with E-state index in [9.17, 15) is 9.18 Å². The Labute approximate surface area is 196 Å². The molecule has 9 heteroatoms. The van der Waals surface area contributed by atoms with Crippen LogP contribution in [0.4, 0.5) is 9.18 Å². The molecule has 1 atom stereocenters. The Hall–Kier alpha value is -2.60. The van der Waals surface area contributed by atoms with Gasteiger partial charge in [0.25, 0.3) is 0 Å². The van der Waals surface area contributed by atoms with E-state index < -0.39 is 11.4 Å². The fraction of sp³-hybridized carbons (Fsp3) is 0.522. The van der Waals surface area contributed by atoms with Crippen molar-refractivity contribution in [2.75, 3.05) is 19.7 Å². The van der Waals surface area contributed by atoms with Gasteiger partial charge in [0.15, 0.2) is 0 Å².